The second kappa shape index (κ2) is 9.15. The van der Waals surface area contributed by atoms with Gasteiger partial charge in [0.05, 0.1) is 12.2 Å². The van der Waals surface area contributed by atoms with Gasteiger partial charge in [-0.25, -0.2) is 0 Å². The van der Waals surface area contributed by atoms with Gasteiger partial charge in [-0.05, 0) is 69.1 Å². The SMILES string of the molecule is Cc1sc2cc(OCCCCNC(C)O)ccc2c1-c1ccc(C(F)(F)F)cc1. The number of hydrogen-bond donors (Lipinski definition) is 2. The number of aryl methyl sites for hydroxylation is 1. The molecule has 1 unspecified atom stereocenters. The molecule has 0 saturated heterocycles. The van der Waals surface area contributed by atoms with E-state index in [9.17, 15) is 13.2 Å². The zero-order valence-electron chi connectivity index (χ0n) is 16.3. The number of hydrogen-bond acceptors (Lipinski definition) is 4. The highest BCUT2D eigenvalue weighted by Crippen LogP contribution is 2.40. The van der Waals surface area contributed by atoms with Crippen molar-refractivity contribution >= 4 is 21.4 Å². The maximum Gasteiger partial charge on any atom is 0.416 e. The van der Waals surface area contributed by atoms with E-state index in [1.165, 1.54) is 12.1 Å². The summed E-state index contributed by atoms with van der Waals surface area (Å²) in [6.07, 6.45) is -3.05. The smallest absolute Gasteiger partial charge is 0.416 e. The van der Waals surface area contributed by atoms with Crippen molar-refractivity contribution in [2.45, 2.75) is 39.1 Å². The quantitative estimate of drug-likeness (QED) is 0.346. The van der Waals surface area contributed by atoms with Gasteiger partial charge in [0.25, 0.3) is 0 Å². The number of fused-ring (bicyclic) bond motifs is 1. The number of halogens is 3. The van der Waals surface area contributed by atoms with Crippen molar-refractivity contribution in [3.8, 4) is 16.9 Å². The van der Waals surface area contributed by atoms with E-state index in [0.717, 1.165) is 63.4 Å². The molecule has 3 rings (SSSR count). The van der Waals surface area contributed by atoms with Gasteiger partial charge in [0.15, 0.2) is 0 Å². The zero-order chi connectivity index (χ0) is 21.0. The molecule has 3 aromatic rings. The minimum Gasteiger partial charge on any atom is -0.494 e. The number of ether oxygens (including phenoxy) is 1. The first-order valence-corrected chi connectivity index (χ1v) is 10.3. The van der Waals surface area contributed by atoms with Gasteiger partial charge in [0, 0.05) is 20.5 Å². The van der Waals surface area contributed by atoms with Crippen LogP contribution >= 0.6 is 11.3 Å². The summed E-state index contributed by atoms with van der Waals surface area (Å²) in [5, 5.41) is 13.1. The average molecular weight is 424 g/mol. The maximum atomic E-state index is 12.8. The Hall–Kier alpha value is -2.09. The van der Waals surface area contributed by atoms with Gasteiger partial charge in [-0.1, -0.05) is 12.1 Å². The maximum absolute atomic E-state index is 12.8. The lowest BCUT2D eigenvalue weighted by atomic mass is 10.0. The minimum absolute atomic E-state index is 0.501. The molecule has 2 N–H and O–H groups in total. The van der Waals surface area contributed by atoms with E-state index in [1.807, 2.05) is 25.1 Å². The lowest BCUT2D eigenvalue weighted by molar-refractivity contribution is -0.137. The number of benzene rings is 2. The van der Waals surface area contributed by atoms with Crippen molar-refractivity contribution in [2.24, 2.45) is 0 Å². The molecular formula is C22H24F3NO2S. The lowest BCUT2D eigenvalue weighted by Crippen LogP contribution is -2.26. The van der Waals surface area contributed by atoms with Crippen LogP contribution in [0.15, 0.2) is 42.5 Å². The molecule has 0 radical (unpaired) electrons. The van der Waals surface area contributed by atoms with E-state index in [2.05, 4.69) is 5.32 Å². The first-order valence-electron chi connectivity index (χ1n) is 9.51. The number of aliphatic hydroxyl groups excluding tert-OH is 1. The highest BCUT2D eigenvalue weighted by Gasteiger charge is 2.30. The summed E-state index contributed by atoms with van der Waals surface area (Å²) in [6.45, 7) is 4.99. The third-order valence-electron chi connectivity index (χ3n) is 4.62. The molecule has 0 aliphatic rings. The van der Waals surface area contributed by atoms with Crippen LogP contribution in [0.1, 0.15) is 30.2 Å². The highest BCUT2D eigenvalue weighted by molar-refractivity contribution is 7.19. The van der Waals surface area contributed by atoms with E-state index in [4.69, 9.17) is 9.84 Å². The number of rotatable bonds is 8. The van der Waals surface area contributed by atoms with Crippen LogP contribution in [0, 0.1) is 6.92 Å². The monoisotopic (exact) mass is 423 g/mol. The van der Waals surface area contributed by atoms with Crippen LogP contribution in [0.4, 0.5) is 13.2 Å². The Bertz CT molecular complexity index is 949. The molecule has 0 spiro atoms. The van der Waals surface area contributed by atoms with Crippen LogP contribution in [0.5, 0.6) is 5.75 Å². The van der Waals surface area contributed by atoms with Gasteiger partial charge in [-0.15, -0.1) is 11.3 Å². The molecule has 3 nitrogen and oxygen atoms in total. The van der Waals surface area contributed by atoms with Gasteiger partial charge >= 0.3 is 6.18 Å². The zero-order valence-corrected chi connectivity index (χ0v) is 17.2. The van der Waals surface area contributed by atoms with Gasteiger partial charge in [0.1, 0.15) is 12.0 Å². The Kier molecular flexibility index (Phi) is 6.82. The molecular weight excluding hydrogens is 399 g/mol. The van der Waals surface area contributed by atoms with Gasteiger partial charge < -0.3 is 9.84 Å². The van der Waals surface area contributed by atoms with E-state index < -0.39 is 18.0 Å². The predicted molar refractivity (Wildman–Crippen MR) is 111 cm³/mol. The van der Waals surface area contributed by atoms with Crippen LogP contribution in [-0.4, -0.2) is 24.5 Å². The van der Waals surface area contributed by atoms with E-state index in [0.29, 0.717) is 6.61 Å². The van der Waals surface area contributed by atoms with Crippen molar-refractivity contribution in [1.29, 1.82) is 0 Å². The van der Waals surface area contributed by atoms with Gasteiger partial charge in [-0.3, -0.25) is 5.32 Å². The Morgan fingerprint density at radius 1 is 1.10 bits per heavy atom. The van der Waals surface area contributed by atoms with Crippen molar-refractivity contribution in [1.82, 2.24) is 5.32 Å². The summed E-state index contributed by atoms with van der Waals surface area (Å²) < 4.78 is 45.3. The molecule has 1 heterocycles. The Morgan fingerprint density at radius 2 is 1.83 bits per heavy atom. The molecule has 7 heteroatoms. The van der Waals surface area contributed by atoms with Crippen molar-refractivity contribution in [2.75, 3.05) is 13.2 Å². The Balaban J connectivity index is 1.71. The topological polar surface area (TPSA) is 41.5 Å². The van der Waals surface area contributed by atoms with Crippen molar-refractivity contribution < 1.29 is 23.0 Å². The van der Waals surface area contributed by atoms with Crippen molar-refractivity contribution in [3.63, 3.8) is 0 Å². The molecule has 0 aliphatic heterocycles. The first-order chi connectivity index (χ1) is 13.8. The molecule has 2 aromatic carbocycles. The highest BCUT2D eigenvalue weighted by atomic mass is 32.1. The summed E-state index contributed by atoms with van der Waals surface area (Å²) in [5.41, 5.74) is 1.10. The van der Waals surface area contributed by atoms with Crippen LogP contribution in [0.2, 0.25) is 0 Å². The summed E-state index contributed by atoms with van der Waals surface area (Å²) in [4.78, 5) is 1.06. The molecule has 0 amide bonds. The second-order valence-electron chi connectivity index (χ2n) is 6.95. The molecule has 0 aliphatic carbocycles. The molecule has 1 aromatic heterocycles. The summed E-state index contributed by atoms with van der Waals surface area (Å²) in [5.74, 6) is 0.779. The number of nitrogens with one attached hydrogen (secondary N) is 1. The van der Waals surface area contributed by atoms with Gasteiger partial charge in [0.2, 0.25) is 0 Å². The van der Waals surface area contributed by atoms with Crippen LogP contribution in [-0.2, 0) is 6.18 Å². The number of thiophene rings is 1. The molecule has 0 bridgehead atoms. The van der Waals surface area contributed by atoms with Gasteiger partial charge in [-0.2, -0.15) is 13.2 Å². The predicted octanol–water partition coefficient (Wildman–Crippen LogP) is 5.98. The minimum atomic E-state index is -4.33. The number of alkyl halides is 3. The lowest BCUT2D eigenvalue weighted by Gasteiger charge is -2.09. The summed E-state index contributed by atoms with van der Waals surface area (Å²) in [7, 11) is 0. The molecule has 0 saturated carbocycles. The number of aliphatic hydroxyl groups is 1. The van der Waals surface area contributed by atoms with Crippen molar-refractivity contribution in [3.05, 3.63) is 52.9 Å². The Labute approximate surface area is 172 Å². The summed E-state index contributed by atoms with van der Waals surface area (Å²) >= 11 is 1.61. The van der Waals surface area contributed by atoms with E-state index in [1.54, 1.807) is 18.3 Å². The van der Waals surface area contributed by atoms with Crippen LogP contribution in [0.25, 0.3) is 21.2 Å². The molecule has 156 valence electrons. The van der Waals surface area contributed by atoms with E-state index >= 15 is 0 Å². The fourth-order valence-corrected chi connectivity index (χ4v) is 4.32. The van der Waals surface area contributed by atoms with E-state index in [-0.39, 0.29) is 0 Å². The molecule has 29 heavy (non-hydrogen) atoms. The Morgan fingerprint density at radius 3 is 2.48 bits per heavy atom. The standard InChI is InChI=1S/C22H24F3NO2S/c1-14-21(16-5-7-17(8-6-16)22(23,24)25)19-10-9-18(13-20(19)29-14)28-12-4-3-11-26-15(2)27/h5-10,13,15,26-27H,3-4,11-12H2,1-2H3. The largest absolute Gasteiger partial charge is 0.494 e. The fourth-order valence-electron chi connectivity index (χ4n) is 3.20. The van der Waals surface area contributed by atoms with Crippen LogP contribution < -0.4 is 10.1 Å². The number of unbranched alkanes of at least 4 members (excludes halogenated alkanes) is 1. The third kappa shape index (κ3) is 5.50. The molecule has 0 fully saturated rings. The first kappa shape index (κ1) is 21.6. The fraction of sp³-hybridized carbons (Fsp3) is 0.364. The average Bonchev–Trinajstić information content (AvgIpc) is 2.98. The van der Waals surface area contributed by atoms with Crippen LogP contribution in [0.3, 0.4) is 0 Å². The summed E-state index contributed by atoms with van der Waals surface area (Å²) in [6, 6.07) is 11.2. The second-order valence-corrected chi connectivity index (χ2v) is 8.21. The normalized spacial score (nSPS) is 13.0. The third-order valence-corrected chi connectivity index (χ3v) is 5.69. The molecule has 1 atom stereocenters.